The number of nitriles is 1. The molecule has 2 N–H and O–H groups in total. The maximum Gasteiger partial charge on any atom is 0.169 e. The van der Waals surface area contributed by atoms with Gasteiger partial charge in [-0.3, -0.25) is 0 Å². The molecule has 0 amide bonds. The predicted octanol–water partition coefficient (Wildman–Crippen LogP) is 1.95. The molecular weight excluding hydrogens is 219 g/mol. The number of phenolic OH excluding ortho intramolecular Hbond substituents is 1. The van der Waals surface area contributed by atoms with Crippen molar-refractivity contribution in [3.05, 3.63) is 29.1 Å². The molecule has 0 radical (unpaired) electrons. The van der Waals surface area contributed by atoms with Crippen LogP contribution in [0.25, 0.3) is 0 Å². The van der Waals surface area contributed by atoms with Gasteiger partial charge >= 0.3 is 0 Å². The molecule has 0 unspecified atom stereocenters. The molecule has 0 aliphatic carbocycles. The lowest BCUT2D eigenvalue weighted by Gasteiger charge is -2.22. The van der Waals surface area contributed by atoms with E-state index in [4.69, 9.17) is 5.26 Å². The van der Waals surface area contributed by atoms with Crippen molar-refractivity contribution in [2.24, 2.45) is 5.92 Å². The molecule has 0 bridgehead atoms. The fourth-order valence-corrected chi connectivity index (χ4v) is 2.28. The van der Waals surface area contributed by atoms with Gasteiger partial charge in [0.05, 0.1) is 5.56 Å². The fourth-order valence-electron chi connectivity index (χ4n) is 2.28. The monoisotopic (exact) mass is 234 g/mol. The Morgan fingerprint density at radius 2 is 2.12 bits per heavy atom. The average molecular weight is 234 g/mol. The molecule has 1 aromatic rings. The third-order valence-electron chi connectivity index (χ3n) is 3.23. The number of nitrogens with zero attached hydrogens (tertiary/aromatic N) is 1. The number of phenols is 1. The summed E-state index contributed by atoms with van der Waals surface area (Å²) in [6.45, 7) is 1.99. The molecule has 17 heavy (non-hydrogen) atoms. The minimum absolute atomic E-state index is 0.0222. The van der Waals surface area contributed by atoms with E-state index in [1.54, 1.807) is 6.07 Å². The molecule has 90 valence electrons. The first-order valence-electron chi connectivity index (χ1n) is 5.83. The molecule has 1 fully saturated rings. The third kappa shape index (κ3) is 2.75. The summed E-state index contributed by atoms with van der Waals surface area (Å²) in [7, 11) is 0. The van der Waals surface area contributed by atoms with E-state index in [9.17, 15) is 9.50 Å². The minimum atomic E-state index is -0.701. The number of rotatable bonds is 2. The van der Waals surface area contributed by atoms with Gasteiger partial charge in [-0.1, -0.05) is 0 Å². The van der Waals surface area contributed by atoms with Crippen molar-refractivity contribution >= 4 is 0 Å². The molecule has 3 nitrogen and oxygen atoms in total. The van der Waals surface area contributed by atoms with Crippen LogP contribution in [-0.2, 0) is 6.42 Å². The largest absolute Gasteiger partial charge is 0.504 e. The lowest BCUT2D eigenvalue weighted by Crippen LogP contribution is -2.28. The van der Waals surface area contributed by atoms with Crippen molar-refractivity contribution in [1.82, 2.24) is 5.32 Å². The van der Waals surface area contributed by atoms with Crippen LogP contribution in [0.2, 0.25) is 0 Å². The van der Waals surface area contributed by atoms with Crippen molar-refractivity contribution in [2.75, 3.05) is 13.1 Å². The van der Waals surface area contributed by atoms with E-state index in [0.717, 1.165) is 37.9 Å². The lowest BCUT2D eigenvalue weighted by molar-refractivity contribution is 0.371. The highest BCUT2D eigenvalue weighted by Crippen LogP contribution is 2.25. The first-order chi connectivity index (χ1) is 8.20. The highest BCUT2D eigenvalue weighted by Gasteiger charge is 2.16. The van der Waals surface area contributed by atoms with Crippen molar-refractivity contribution in [2.45, 2.75) is 19.3 Å². The topological polar surface area (TPSA) is 56.0 Å². The van der Waals surface area contributed by atoms with Gasteiger partial charge in [-0.25, -0.2) is 4.39 Å². The Labute approximate surface area is 99.9 Å². The van der Waals surface area contributed by atoms with Gasteiger partial charge in [0, 0.05) is 0 Å². The molecule has 0 aromatic heterocycles. The third-order valence-corrected chi connectivity index (χ3v) is 3.23. The van der Waals surface area contributed by atoms with Gasteiger partial charge in [-0.2, -0.15) is 5.26 Å². The van der Waals surface area contributed by atoms with Crippen LogP contribution in [0.15, 0.2) is 12.1 Å². The summed E-state index contributed by atoms with van der Waals surface area (Å²) in [6, 6.07) is 4.73. The van der Waals surface area contributed by atoms with Gasteiger partial charge in [-0.05, 0) is 56.0 Å². The molecule has 1 aliphatic rings. The number of piperidine rings is 1. The van der Waals surface area contributed by atoms with E-state index >= 15 is 0 Å². The zero-order valence-corrected chi connectivity index (χ0v) is 9.54. The van der Waals surface area contributed by atoms with E-state index in [1.807, 2.05) is 6.07 Å². The normalized spacial score (nSPS) is 16.7. The van der Waals surface area contributed by atoms with Crippen LogP contribution in [0.4, 0.5) is 4.39 Å². The molecule has 0 saturated carbocycles. The summed E-state index contributed by atoms with van der Waals surface area (Å²) in [4.78, 5) is 0. The smallest absolute Gasteiger partial charge is 0.169 e. The summed E-state index contributed by atoms with van der Waals surface area (Å²) in [5, 5.41) is 21.4. The van der Waals surface area contributed by atoms with Crippen LogP contribution >= 0.6 is 0 Å². The summed E-state index contributed by atoms with van der Waals surface area (Å²) in [5.41, 5.74) is 0.817. The Kier molecular flexibility index (Phi) is 3.60. The van der Waals surface area contributed by atoms with Crippen LogP contribution in [0, 0.1) is 23.1 Å². The van der Waals surface area contributed by atoms with Crippen LogP contribution < -0.4 is 5.32 Å². The first kappa shape index (κ1) is 11.9. The quantitative estimate of drug-likeness (QED) is 0.822. The minimum Gasteiger partial charge on any atom is -0.504 e. The molecule has 0 atom stereocenters. The number of benzene rings is 1. The Bertz CT molecular complexity index is 447. The fraction of sp³-hybridized carbons (Fsp3) is 0.462. The second-order valence-corrected chi connectivity index (χ2v) is 4.48. The van der Waals surface area contributed by atoms with E-state index in [0.29, 0.717) is 5.92 Å². The molecule has 1 aliphatic heterocycles. The van der Waals surface area contributed by atoms with E-state index in [2.05, 4.69) is 5.32 Å². The van der Waals surface area contributed by atoms with Crippen molar-refractivity contribution < 1.29 is 9.50 Å². The van der Waals surface area contributed by atoms with E-state index in [-0.39, 0.29) is 5.56 Å². The maximum atomic E-state index is 13.4. The molecule has 2 rings (SSSR count). The Hall–Kier alpha value is -1.60. The highest BCUT2D eigenvalue weighted by atomic mass is 19.1. The highest BCUT2D eigenvalue weighted by molar-refractivity contribution is 5.45. The van der Waals surface area contributed by atoms with Gasteiger partial charge < -0.3 is 10.4 Å². The second kappa shape index (κ2) is 5.15. The first-order valence-corrected chi connectivity index (χ1v) is 5.83. The average Bonchev–Trinajstić information content (AvgIpc) is 2.35. The van der Waals surface area contributed by atoms with Gasteiger partial charge in [0.15, 0.2) is 11.6 Å². The molecule has 1 saturated heterocycles. The number of halogens is 1. The molecular formula is C13H15FN2O. The van der Waals surface area contributed by atoms with Crippen LogP contribution in [0.3, 0.4) is 0 Å². The van der Waals surface area contributed by atoms with Gasteiger partial charge in [-0.15, -0.1) is 0 Å². The standard InChI is InChI=1S/C13H15FN2O/c14-12-7-10(6-11(8-15)13(12)17)5-9-1-3-16-4-2-9/h6-7,9,16-17H,1-5H2. The Morgan fingerprint density at radius 3 is 2.76 bits per heavy atom. The van der Waals surface area contributed by atoms with Crippen LogP contribution in [-0.4, -0.2) is 18.2 Å². The van der Waals surface area contributed by atoms with Crippen molar-refractivity contribution in [3.8, 4) is 11.8 Å². The van der Waals surface area contributed by atoms with E-state index in [1.165, 1.54) is 6.07 Å². The predicted molar refractivity (Wildman–Crippen MR) is 62.1 cm³/mol. The number of aromatic hydroxyl groups is 1. The Morgan fingerprint density at radius 1 is 1.41 bits per heavy atom. The van der Waals surface area contributed by atoms with E-state index < -0.39 is 11.6 Å². The SMILES string of the molecule is N#Cc1cc(CC2CCNCC2)cc(F)c1O. The molecule has 0 spiro atoms. The van der Waals surface area contributed by atoms with Gasteiger partial charge in [0.2, 0.25) is 0 Å². The van der Waals surface area contributed by atoms with Crippen LogP contribution in [0.5, 0.6) is 5.75 Å². The lowest BCUT2D eigenvalue weighted by atomic mass is 9.90. The number of hydrogen-bond donors (Lipinski definition) is 2. The van der Waals surface area contributed by atoms with Gasteiger partial charge in [0.25, 0.3) is 0 Å². The Balaban J connectivity index is 2.16. The number of hydrogen-bond acceptors (Lipinski definition) is 3. The molecule has 4 heteroatoms. The van der Waals surface area contributed by atoms with Crippen LogP contribution in [0.1, 0.15) is 24.0 Å². The zero-order chi connectivity index (χ0) is 12.3. The molecule has 1 heterocycles. The van der Waals surface area contributed by atoms with Gasteiger partial charge in [0.1, 0.15) is 6.07 Å². The van der Waals surface area contributed by atoms with Crippen molar-refractivity contribution in [1.29, 1.82) is 5.26 Å². The summed E-state index contributed by atoms with van der Waals surface area (Å²) in [5.74, 6) is -0.707. The number of nitrogens with one attached hydrogen (secondary N) is 1. The summed E-state index contributed by atoms with van der Waals surface area (Å²) >= 11 is 0. The van der Waals surface area contributed by atoms with Crippen molar-refractivity contribution in [3.63, 3.8) is 0 Å². The zero-order valence-electron chi connectivity index (χ0n) is 9.54. The molecule has 1 aromatic carbocycles. The second-order valence-electron chi connectivity index (χ2n) is 4.48. The maximum absolute atomic E-state index is 13.4. The summed E-state index contributed by atoms with van der Waals surface area (Å²) in [6.07, 6.45) is 2.92. The summed E-state index contributed by atoms with van der Waals surface area (Å²) < 4.78 is 13.4.